The molecule has 1 atom stereocenters. The number of hydrogen-bond acceptors (Lipinski definition) is 3. The number of hydrogen-bond donors (Lipinski definition) is 1. The first-order chi connectivity index (χ1) is 13.3. The second-order valence-electron chi connectivity index (χ2n) is 7.09. The van der Waals surface area contributed by atoms with Gasteiger partial charge in [0.2, 0.25) is 5.91 Å². The Kier molecular flexibility index (Phi) is 7.88. The summed E-state index contributed by atoms with van der Waals surface area (Å²) in [5.41, 5.74) is 2.09. The first kappa shape index (κ1) is 21.8. The van der Waals surface area contributed by atoms with Gasteiger partial charge >= 0.3 is 0 Å². The highest BCUT2D eigenvalue weighted by Gasteiger charge is 2.26. The van der Waals surface area contributed by atoms with Crippen LogP contribution in [0.15, 0.2) is 48.5 Å². The van der Waals surface area contributed by atoms with Gasteiger partial charge < -0.3 is 15.0 Å². The molecule has 0 heterocycles. The zero-order valence-corrected chi connectivity index (χ0v) is 17.5. The Labute approximate surface area is 171 Å². The fourth-order valence-electron chi connectivity index (χ4n) is 2.66. The van der Waals surface area contributed by atoms with Crippen molar-refractivity contribution in [3.05, 3.63) is 64.7 Å². The van der Waals surface area contributed by atoms with Crippen LogP contribution in [-0.2, 0) is 16.1 Å². The number of nitrogens with one attached hydrogen (secondary N) is 1. The van der Waals surface area contributed by atoms with Crippen LogP contribution in [0.5, 0.6) is 5.75 Å². The van der Waals surface area contributed by atoms with Crippen molar-refractivity contribution in [1.82, 2.24) is 10.2 Å². The minimum atomic E-state index is -0.626. The van der Waals surface area contributed by atoms with Gasteiger partial charge in [-0.15, -0.1) is 0 Å². The van der Waals surface area contributed by atoms with Crippen LogP contribution in [0.1, 0.15) is 31.9 Å². The van der Waals surface area contributed by atoms with E-state index < -0.39 is 6.04 Å². The molecule has 0 aliphatic heterocycles. The number of halogens is 1. The lowest BCUT2D eigenvalue weighted by Gasteiger charge is -2.29. The molecular weight excluding hydrogens is 376 g/mol. The van der Waals surface area contributed by atoms with Crippen molar-refractivity contribution in [3.63, 3.8) is 0 Å². The molecule has 0 bridgehead atoms. The SMILES string of the molecule is Cc1ccc(CN(C(=O)COc2cccc(Cl)c2)[C@@H](C)C(=O)NC(C)C)cc1. The van der Waals surface area contributed by atoms with Crippen LogP contribution >= 0.6 is 11.6 Å². The largest absolute Gasteiger partial charge is 0.484 e. The molecule has 2 aromatic rings. The molecule has 2 amide bonds. The zero-order chi connectivity index (χ0) is 20.7. The second kappa shape index (κ2) is 10.1. The smallest absolute Gasteiger partial charge is 0.261 e. The van der Waals surface area contributed by atoms with Crippen molar-refractivity contribution in [2.45, 2.75) is 46.3 Å². The highest BCUT2D eigenvalue weighted by Crippen LogP contribution is 2.18. The summed E-state index contributed by atoms with van der Waals surface area (Å²) in [6, 6.07) is 14.1. The average Bonchev–Trinajstić information content (AvgIpc) is 2.64. The maximum Gasteiger partial charge on any atom is 0.261 e. The van der Waals surface area contributed by atoms with Gasteiger partial charge in [-0.2, -0.15) is 0 Å². The highest BCUT2D eigenvalue weighted by atomic mass is 35.5. The molecule has 0 aliphatic rings. The van der Waals surface area contributed by atoms with Gasteiger partial charge in [0.1, 0.15) is 11.8 Å². The van der Waals surface area contributed by atoms with E-state index in [1.165, 1.54) is 4.90 Å². The van der Waals surface area contributed by atoms with E-state index in [9.17, 15) is 9.59 Å². The number of benzene rings is 2. The molecule has 0 aromatic heterocycles. The maximum atomic E-state index is 12.9. The van der Waals surface area contributed by atoms with Crippen molar-refractivity contribution in [2.24, 2.45) is 0 Å². The van der Waals surface area contributed by atoms with Gasteiger partial charge in [-0.25, -0.2) is 0 Å². The molecule has 6 heteroatoms. The highest BCUT2D eigenvalue weighted by molar-refractivity contribution is 6.30. The predicted molar refractivity (Wildman–Crippen MR) is 111 cm³/mol. The molecule has 2 rings (SSSR count). The Morgan fingerprint density at radius 3 is 2.39 bits per heavy atom. The van der Waals surface area contributed by atoms with Crippen molar-refractivity contribution < 1.29 is 14.3 Å². The number of rotatable bonds is 8. The summed E-state index contributed by atoms with van der Waals surface area (Å²) in [4.78, 5) is 26.9. The molecule has 28 heavy (non-hydrogen) atoms. The number of carbonyl (C=O) groups is 2. The van der Waals surface area contributed by atoms with E-state index in [0.29, 0.717) is 17.3 Å². The van der Waals surface area contributed by atoms with E-state index in [4.69, 9.17) is 16.3 Å². The summed E-state index contributed by atoms with van der Waals surface area (Å²) < 4.78 is 5.59. The third kappa shape index (κ3) is 6.57. The van der Waals surface area contributed by atoms with Gasteiger partial charge in [-0.3, -0.25) is 9.59 Å². The molecule has 1 N–H and O–H groups in total. The lowest BCUT2D eigenvalue weighted by atomic mass is 10.1. The number of nitrogens with zero attached hydrogens (tertiary/aromatic N) is 1. The van der Waals surface area contributed by atoms with Crippen LogP contribution in [0.25, 0.3) is 0 Å². The van der Waals surface area contributed by atoms with E-state index in [2.05, 4.69) is 5.32 Å². The number of ether oxygens (including phenoxy) is 1. The third-order valence-electron chi connectivity index (χ3n) is 4.23. The zero-order valence-electron chi connectivity index (χ0n) is 16.7. The molecule has 0 saturated heterocycles. The summed E-state index contributed by atoms with van der Waals surface area (Å²) in [6.45, 7) is 7.65. The van der Waals surface area contributed by atoms with Crippen LogP contribution in [0.3, 0.4) is 0 Å². The Balaban J connectivity index is 2.14. The van der Waals surface area contributed by atoms with Crippen molar-refractivity contribution >= 4 is 23.4 Å². The van der Waals surface area contributed by atoms with Crippen molar-refractivity contribution in [2.75, 3.05) is 6.61 Å². The summed E-state index contributed by atoms with van der Waals surface area (Å²) in [6.07, 6.45) is 0. The molecule has 0 fully saturated rings. The van der Waals surface area contributed by atoms with E-state index in [1.54, 1.807) is 31.2 Å². The fourth-order valence-corrected chi connectivity index (χ4v) is 2.84. The average molecular weight is 403 g/mol. The van der Waals surface area contributed by atoms with Crippen LogP contribution < -0.4 is 10.1 Å². The number of aryl methyl sites for hydroxylation is 1. The molecule has 5 nitrogen and oxygen atoms in total. The quantitative estimate of drug-likeness (QED) is 0.726. The fraction of sp³-hybridized carbons (Fsp3) is 0.364. The normalized spacial score (nSPS) is 11.8. The van der Waals surface area contributed by atoms with Gasteiger partial charge in [0.05, 0.1) is 0 Å². The van der Waals surface area contributed by atoms with Crippen molar-refractivity contribution in [3.8, 4) is 5.75 Å². The Morgan fingerprint density at radius 2 is 1.79 bits per heavy atom. The lowest BCUT2D eigenvalue weighted by molar-refractivity contribution is -0.142. The number of carbonyl (C=O) groups excluding carboxylic acids is 2. The van der Waals surface area contributed by atoms with Gasteiger partial charge in [0.15, 0.2) is 6.61 Å². The van der Waals surface area contributed by atoms with Gasteiger partial charge in [-0.05, 0) is 51.5 Å². The third-order valence-corrected chi connectivity index (χ3v) is 4.47. The van der Waals surface area contributed by atoms with Crippen LogP contribution in [0.2, 0.25) is 5.02 Å². The molecule has 0 spiro atoms. The molecule has 150 valence electrons. The van der Waals surface area contributed by atoms with E-state index >= 15 is 0 Å². The predicted octanol–water partition coefficient (Wildman–Crippen LogP) is 3.97. The monoisotopic (exact) mass is 402 g/mol. The Bertz CT molecular complexity index is 806. The summed E-state index contributed by atoms with van der Waals surface area (Å²) in [5, 5.41) is 3.40. The summed E-state index contributed by atoms with van der Waals surface area (Å²) >= 11 is 5.95. The van der Waals surface area contributed by atoms with E-state index in [1.807, 2.05) is 45.0 Å². The standard InChI is InChI=1S/C22H27ClN2O3/c1-15(2)24-22(27)17(4)25(13-18-10-8-16(3)9-11-18)21(26)14-28-20-7-5-6-19(23)12-20/h5-12,15,17H,13-14H2,1-4H3,(H,24,27)/t17-/m0/s1. The molecule has 0 saturated carbocycles. The van der Waals surface area contributed by atoms with Crippen LogP contribution in [0.4, 0.5) is 0 Å². The van der Waals surface area contributed by atoms with Crippen molar-refractivity contribution in [1.29, 1.82) is 0 Å². The molecule has 0 unspecified atom stereocenters. The van der Waals surface area contributed by atoms with Gasteiger partial charge in [0.25, 0.3) is 5.91 Å². The lowest BCUT2D eigenvalue weighted by Crippen LogP contribution is -2.50. The molecule has 2 aromatic carbocycles. The topological polar surface area (TPSA) is 58.6 Å². The van der Waals surface area contributed by atoms with E-state index in [-0.39, 0.29) is 24.5 Å². The minimum absolute atomic E-state index is 0.00557. The molecule has 0 aliphatic carbocycles. The first-order valence-electron chi connectivity index (χ1n) is 9.30. The first-order valence-corrected chi connectivity index (χ1v) is 9.68. The number of amides is 2. The van der Waals surface area contributed by atoms with Gasteiger partial charge in [-0.1, -0.05) is 47.5 Å². The maximum absolute atomic E-state index is 12.9. The van der Waals surface area contributed by atoms with Crippen LogP contribution in [-0.4, -0.2) is 35.4 Å². The van der Waals surface area contributed by atoms with E-state index in [0.717, 1.165) is 11.1 Å². The molecular formula is C22H27ClN2O3. The Morgan fingerprint density at radius 1 is 1.11 bits per heavy atom. The summed E-state index contributed by atoms with van der Waals surface area (Å²) in [5.74, 6) is 0.0422. The Hall–Kier alpha value is -2.53. The minimum Gasteiger partial charge on any atom is -0.484 e. The van der Waals surface area contributed by atoms with Crippen LogP contribution in [0, 0.1) is 6.92 Å². The molecule has 0 radical (unpaired) electrons. The van der Waals surface area contributed by atoms with Gasteiger partial charge in [0, 0.05) is 17.6 Å². The second-order valence-corrected chi connectivity index (χ2v) is 7.53. The summed E-state index contributed by atoms with van der Waals surface area (Å²) in [7, 11) is 0.